The number of hydrogen-bond acceptors (Lipinski definition) is 2. The van der Waals surface area contributed by atoms with Crippen LogP contribution in [0.2, 0.25) is 0 Å². The highest BCUT2D eigenvalue weighted by molar-refractivity contribution is 7.71. The van der Waals surface area contributed by atoms with E-state index in [1.807, 2.05) is 65.2 Å². The molecule has 0 aliphatic carbocycles. The topological polar surface area (TPSA) is 33.6 Å². The van der Waals surface area contributed by atoms with Crippen LogP contribution < -0.4 is 0 Å². The Balaban J connectivity index is 2.31. The predicted octanol–water partition coefficient (Wildman–Crippen LogP) is 4.21. The first-order valence-corrected chi connectivity index (χ1v) is 6.70. The smallest absolute Gasteiger partial charge is 0.182 e. The van der Waals surface area contributed by atoms with Crippen molar-refractivity contribution in [1.82, 2.24) is 14.5 Å². The summed E-state index contributed by atoms with van der Waals surface area (Å²) in [7, 11) is 0. The number of nitrogens with one attached hydrogen (secondary N) is 1. The SMILES string of the molecule is S=c1[nH]c2cnccc2n1-c1ccccccccc1. The minimum atomic E-state index is 0.661. The number of nitrogens with zero attached hydrogens (tertiary/aromatic N) is 2. The number of hydrogen-bond donors (Lipinski definition) is 1. The molecular formula is C16H13N3S. The van der Waals surface area contributed by atoms with Crippen molar-refractivity contribution in [3.05, 3.63) is 77.8 Å². The summed E-state index contributed by atoms with van der Waals surface area (Å²) in [6.07, 6.45) is 3.55. The van der Waals surface area contributed by atoms with Gasteiger partial charge in [-0.25, -0.2) is 0 Å². The molecular weight excluding hydrogens is 266 g/mol. The first-order chi connectivity index (χ1) is 9.86. The minimum Gasteiger partial charge on any atom is -0.329 e. The minimum absolute atomic E-state index is 0.661. The molecule has 3 aromatic rings. The molecule has 3 nitrogen and oxygen atoms in total. The Hall–Kier alpha value is -2.46. The second-order valence-corrected chi connectivity index (χ2v) is 4.65. The third-order valence-corrected chi connectivity index (χ3v) is 3.23. The van der Waals surface area contributed by atoms with Gasteiger partial charge in [0.15, 0.2) is 4.77 Å². The van der Waals surface area contributed by atoms with Crippen molar-refractivity contribution < 1.29 is 0 Å². The predicted molar refractivity (Wildman–Crippen MR) is 83.9 cm³/mol. The largest absolute Gasteiger partial charge is 0.329 e. The molecule has 1 aromatic carbocycles. The molecule has 0 unspecified atom stereocenters. The lowest BCUT2D eigenvalue weighted by molar-refractivity contribution is 1.07. The number of pyridine rings is 1. The Bertz CT molecular complexity index is 822. The highest BCUT2D eigenvalue weighted by Crippen LogP contribution is 2.17. The highest BCUT2D eigenvalue weighted by atomic mass is 32.1. The van der Waals surface area contributed by atoms with Crippen molar-refractivity contribution in [3.8, 4) is 5.69 Å². The zero-order valence-electron chi connectivity index (χ0n) is 10.7. The summed E-state index contributed by atoms with van der Waals surface area (Å²) in [5.74, 6) is 0. The molecule has 0 fully saturated rings. The lowest BCUT2D eigenvalue weighted by Crippen LogP contribution is -1.92. The number of rotatable bonds is 1. The van der Waals surface area contributed by atoms with Crippen LogP contribution in [-0.2, 0) is 0 Å². The molecule has 0 spiro atoms. The van der Waals surface area contributed by atoms with E-state index in [2.05, 4.69) is 9.97 Å². The summed E-state index contributed by atoms with van der Waals surface area (Å²) in [4.78, 5) is 7.28. The molecule has 98 valence electrons. The van der Waals surface area contributed by atoms with Crippen molar-refractivity contribution in [2.45, 2.75) is 0 Å². The fourth-order valence-corrected chi connectivity index (χ4v) is 2.36. The van der Waals surface area contributed by atoms with E-state index in [1.54, 1.807) is 12.4 Å². The van der Waals surface area contributed by atoms with Crippen molar-refractivity contribution in [1.29, 1.82) is 0 Å². The maximum Gasteiger partial charge on any atom is 0.182 e. The van der Waals surface area contributed by atoms with Gasteiger partial charge in [0.05, 0.1) is 17.2 Å². The Morgan fingerprint density at radius 1 is 0.900 bits per heavy atom. The second kappa shape index (κ2) is 5.67. The number of fused-ring (bicyclic) bond motifs is 1. The van der Waals surface area contributed by atoms with E-state index >= 15 is 0 Å². The fourth-order valence-electron chi connectivity index (χ4n) is 2.05. The zero-order valence-corrected chi connectivity index (χ0v) is 11.5. The first-order valence-electron chi connectivity index (χ1n) is 6.30. The van der Waals surface area contributed by atoms with Crippen LogP contribution in [0.1, 0.15) is 0 Å². The average Bonchev–Trinajstić information content (AvgIpc) is 2.80. The molecule has 0 aliphatic heterocycles. The van der Waals surface area contributed by atoms with Gasteiger partial charge in [-0.05, 0) is 30.4 Å². The third-order valence-electron chi connectivity index (χ3n) is 2.94. The number of imidazole rings is 1. The highest BCUT2D eigenvalue weighted by Gasteiger charge is 2.04. The summed E-state index contributed by atoms with van der Waals surface area (Å²) >= 11 is 5.42. The Labute approximate surface area is 121 Å². The number of aromatic nitrogens is 3. The summed E-state index contributed by atoms with van der Waals surface area (Å²) < 4.78 is 2.67. The number of H-pyrrole nitrogens is 1. The van der Waals surface area contributed by atoms with Crippen molar-refractivity contribution in [3.63, 3.8) is 0 Å². The van der Waals surface area contributed by atoms with Gasteiger partial charge >= 0.3 is 0 Å². The molecule has 1 N–H and O–H groups in total. The number of aromatic amines is 1. The van der Waals surface area contributed by atoms with E-state index in [-0.39, 0.29) is 0 Å². The van der Waals surface area contributed by atoms with Crippen LogP contribution in [0.4, 0.5) is 0 Å². The molecule has 0 radical (unpaired) electrons. The monoisotopic (exact) mass is 279 g/mol. The molecule has 4 heteroatoms. The Morgan fingerprint density at radius 3 is 2.25 bits per heavy atom. The normalized spacial score (nSPS) is 10.2. The van der Waals surface area contributed by atoms with Gasteiger partial charge in [-0.1, -0.05) is 42.5 Å². The van der Waals surface area contributed by atoms with Crippen LogP contribution in [0.15, 0.2) is 73.1 Å². The summed E-state index contributed by atoms with van der Waals surface area (Å²) in [5.41, 5.74) is 2.96. The molecule has 3 rings (SSSR count). The Morgan fingerprint density at radius 2 is 1.55 bits per heavy atom. The third kappa shape index (κ3) is 2.46. The van der Waals surface area contributed by atoms with E-state index in [9.17, 15) is 0 Å². The van der Waals surface area contributed by atoms with E-state index < -0.39 is 0 Å². The molecule has 0 saturated carbocycles. The van der Waals surface area contributed by atoms with E-state index in [4.69, 9.17) is 12.2 Å². The van der Waals surface area contributed by atoms with Crippen LogP contribution in [0.5, 0.6) is 0 Å². The fraction of sp³-hybridized carbons (Fsp3) is 0. The van der Waals surface area contributed by atoms with E-state index in [0.29, 0.717) is 4.77 Å². The van der Waals surface area contributed by atoms with Crippen LogP contribution in [0.3, 0.4) is 0 Å². The molecule has 0 aliphatic rings. The molecule has 0 atom stereocenters. The quantitative estimate of drug-likeness (QED) is 0.677. The molecule has 0 bridgehead atoms. The van der Waals surface area contributed by atoms with Crippen LogP contribution >= 0.6 is 12.2 Å². The van der Waals surface area contributed by atoms with Crippen molar-refractivity contribution in [2.75, 3.05) is 0 Å². The van der Waals surface area contributed by atoms with Gasteiger partial charge in [0.1, 0.15) is 0 Å². The lowest BCUT2D eigenvalue weighted by atomic mass is 10.3. The van der Waals surface area contributed by atoms with Crippen molar-refractivity contribution in [2.24, 2.45) is 0 Å². The molecule has 20 heavy (non-hydrogen) atoms. The molecule has 2 heterocycles. The van der Waals surface area contributed by atoms with Crippen LogP contribution in [0, 0.1) is 4.77 Å². The summed E-state index contributed by atoms with van der Waals surface area (Å²) in [6, 6.07) is 20.0. The second-order valence-electron chi connectivity index (χ2n) is 4.26. The van der Waals surface area contributed by atoms with Gasteiger partial charge in [-0.2, -0.15) is 0 Å². The molecule has 0 saturated heterocycles. The van der Waals surface area contributed by atoms with Gasteiger partial charge in [0, 0.05) is 11.9 Å². The molecule has 2 aromatic heterocycles. The molecule has 0 amide bonds. The summed E-state index contributed by atoms with van der Waals surface area (Å²) in [5, 5.41) is 0. The maximum absolute atomic E-state index is 5.42. The Kier molecular flexibility index (Phi) is 3.56. The van der Waals surface area contributed by atoms with Gasteiger partial charge in [0.25, 0.3) is 0 Å². The first kappa shape index (κ1) is 12.6. The van der Waals surface area contributed by atoms with Crippen molar-refractivity contribution >= 4 is 23.3 Å². The van der Waals surface area contributed by atoms with Gasteiger partial charge in [-0.3, -0.25) is 9.55 Å². The van der Waals surface area contributed by atoms with E-state index in [0.717, 1.165) is 16.7 Å². The van der Waals surface area contributed by atoms with Crippen LogP contribution in [-0.4, -0.2) is 14.5 Å². The van der Waals surface area contributed by atoms with E-state index in [1.165, 1.54) is 0 Å². The maximum atomic E-state index is 5.42. The van der Waals surface area contributed by atoms with Crippen LogP contribution in [0.25, 0.3) is 16.7 Å². The zero-order chi connectivity index (χ0) is 13.8. The van der Waals surface area contributed by atoms with Gasteiger partial charge in [0.2, 0.25) is 0 Å². The van der Waals surface area contributed by atoms with Gasteiger partial charge < -0.3 is 4.98 Å². The average molecular weight is 279 g/mol. The van der Waals surface area contributed by atoms with Gasteiger partial charge in [-0.15, -0.1) is 0 Å². The standard InChI is InChI=1S/C16H13N3S/c20-16-18-14-12-17-11-10-15(14)19(16)13-8-6-4-2-1-3-5-7-9-13/h1-12H,(H,18,20). The lowest BCUT2D eigenvalue weighted by Gasteiger charge is -2.01. The summed E-state index contributed by atoms with van der Waals surface area (Å²) in [6.45, 7) is 0.